The van der Waals surface area contributed by atoms with Crippen LogP contribution >= 0.6 is 0 Å². The summed E-state index contributed by atoms with van der Waals surface area (Å²) in [4.78, 5) is 36.2. The molecule has 0 aliphatic carbocycles. The van der Waals surface area contributed by atoms with Crippen molar-refractivity contribution < 1.29 is 38.4 Å². The van der Waals surface area contributed by atoms with Gasteiger partial charge in [0.25, 0.3) is 0 Å². The van der Waals surface area contributed by atoms with E-state index in [1.54, 1.807) is 13.0 Å². The molecule has 0 radical (unpaired) electrons. The van der Waals surface area contributed by atoms with Gasteiger partial charge in [-0.3, -0.25) is 14.4 Å². The average molecular weight is 402 g/mol. The zero-order valence-electron chi connectivity index (χ0n) is 17.6. The molecule has 0 aliphatic rings. The van der Waals surface area contributed by atoms with Gasteiger partial charge in [0, 0.05) is 19.3 Å². The Kier molecular flexibility index (Phi) is 13.8. The van der Waals surface area contributed by atoms with Crippen LogP contribution in [-0.2, 0) is 33.3 Å². The van der Waals surface area contributed by atoms with Gasteiger partial charge in [0.05, 0.1) is 13.7 Å². The number of aliphatic hydroxyl groups excluding tert-OH is 1. The second-order valence-corrected chi connectivity index (χ2v) is 6.22. The molecule has 0 rings (SSSR count). The van der Waals surface area contributed by atoms with Crippen molar-refractivity contribution in [3.63, 3.8) is 0 Å². The molecule has 3 atom stereocenters. The number of hydrogen-bond donors (Lipinski definition) is 1. The number of esters is 3. The van der Waals surface area contributed by atoms with Crippen molar-refractivity contribution in [2.75, 3.05) is 13.7 Å². The SMILES string of the molecule is C/C=C(\OC)[C@H](OC(=O)CCC)[C@@H](OC(=O)CCC)[C@@H](CO)OC(=O)CCC. The third kappa shape index (κ3) is 9.21. The molecule has 0 bridgehead atoms. The fraction of sp³-hybridized carbons (Fsp3) is 0.750. The molecule has 8 nitrogen and oxygen atoms in total. The van der Waals surface area contributed by atoms with Gasteiger partial charge >= 0.3 is 17.9 Å². The maximum absolute atomic E-state index is 12.2. The summed E-state index contributed by atoms with van der Waals surface area (Å²) in [7, 11) is 1.39. The van der Waals surface area contributed by atoms with Crippen LogP contribution in [-0.4, -0.2) is 55.0 Å². The van der Waals surface area contributed by atoms with Crippen LogP contribution in [0.2, 0.25) is 0 Å². The molecule has 28 heavy (non-hydrogen) atoms. The topological polar surface area (TPSA) is 108 Å². The lowest BCUT2D eigenvalue weighted by molar-refractivity contribution is -0.188. The van der Waals surface area contributed by atoms with Crippen molar-refractivity contribution in [2.24, 2.45) is 0 Å². The van der Waals surface area contributed by atoms with Crippen molar-refractivity contribution in [3.8, 4) is 0 Å². The average Bonchev–Trinajstić information content (AvgIpc) is 2.65. The molecule has 0 aromatic heterocycles. The first-order valence-electron chi connectivity index (χ1n) is 9.77. The van der Waals surface area contributed by atoms with Gasteiger partial charge in [0.1, 0.15) is 5.76 Å². The zero-order valence-corrected chi connectivity index (χ0v) is 17.6. The predicted molar refractivity (Wildman–Crippen MR) is 102 cm³/mol. The van der Waals surface area contributed by atoms with E-state index in [9.17, 15) is 19.5 Å². The van der Waals surface area contributed by atoms with E-state index < -0.39 is 42.8 Å². The van der Waals surface area contributed by atoms with E-state index >= 15 is 0 Å². The van der Waals surface area contributed by atoms with E-state index in [-0.39, 0.29) is 25.0 Å². The highest BCUT2D eigenvalue weighted by Crippen LogP contribution is 2.22. The maximum atomic E-state index is 12.2. The molecule has 0 aliphatic heterocycles. The van der Waals surface area contributed by atoms with Crippen molar-refractivity contribution in [2.45, 2.75) is 84.5 Å². The summed E-state index contributed by atoms with van der Waals surface area (Å²) < 4.78 is 21.5. The Morgan fingerprint density at radius 2 is 1.32 bits per heavy atom. The first-order chi connectivity index (χ1) is 13.4. The highest BCUT2D eigenvalue weighted by molar-refractivity contribution is 5.71. The Hall–Kier alpha value is -2.09. The van der Waals surface area contributed by atoms with E-state index in [1.165, 1.54) is 7.11 Å². The monoisotopic (exact) mass is 402 g/mol. The van der Waals surface area contributed by atoms with Gasteiger partial charge in [-0.1, -0.05) is 20.8 Å². The second-order valence-electron chi connectivity index (χ2n) is 6.22. The molecule has 162 valence electrons. The van der Waals surface area contributed by atoms with Crippen LogP contribution in [0.4, 0.5) is 0 Å². The van der Waals surface area contributed by atoms with Crippen LogP contribution in [0.3, 0.4) is 0 Å². The van der Waals surface area contributed by atoms with Crippen LogP contribution in [0, 0.1) is 0 Å². The van der Waals surface area contributed by atoms with Crippen molar-refractivity contribution in [1.82, 2.24) is 0 Å². The van der Waals surface area contributed by atoms with E-state index in [0.29, 0.717) is 19.3 Å². The molecule has 0 heterocycles. The molecule has 0 amide bonds. The summed E-state index contributed by atoms with van der Waals surface area (Å²) in [5.74, 6) is -1.39. The first-order valence-corrected chi connectivity index (χ1v) is 9.77. The van der Waals surface area contributed by atoms with E-state index in [4.69, 9.17) is 18.9 Å². The smallest absolute Gasteiger partial charge is 0.306 e. The molecule has 1 N–H and O–H groups in total. The lowest BCUT2D eigenvalue weighted by Crippen LogP contribution is -2.48. The van der Waals surface area contributed by atoms with Gasteiger partial charge in [-0.15, -0.1) is 0 Å². The largest absolute Gasteiger partial charge is 0.497 e. The summed E-state index contributed by atoms with van der Waals surface area (Å²) in [6.07, 6.45) is 0.0787. The highest BCUT2D eigenvalue weighted by Gasteiger charge is 2.40. The Labute approximate surface area is 167 Å². The standard InChI is InChI=1S/C20H34O8/c1-6-10-16(22)26-15(13-21)20(28-18(24)12-8-3)19(14(9-4)25-5)27-17(23)11-7-2/h9,15,19-21H,6-8,10-13H2,1-5H3/b14-9-/t15-,19+,20+/m1/s1. The van der Waals surface area contributed by atoms with Gasteiger partial charge in [-0.05, 0) is 32.3 Å². The Balaban J connectivity index is 5.86. The van der Waals surface area contributed by atoms with Crippen molar-refractivity contribution in [1.29, 1.82) is 0 Å². The molecule has 0 spiro atoms. The van der Waals surface area contributed by atoms with Crippen LogP contribution < -0.4 is 0 Å². The first kappa shape index (κ1) is 25.9. The number of methoxy groups -OCH3 is 1. The van der Waals surface area contributed by atoms with Crippen LogP contribution in [0.5, 0.6) is 0 Å². The number of carbonyl (C=O) groups is 3. The molecule has 0 saturated heterocycles. The zero-order chi connectivity index (χ0) is 21.5. The highest BCUT2D eigenvalue weighted by atomic mass is 16.6. The van der Waals surface area contributed by atoms with Gasteiger partial charge < -0.3 is 24.1 Å². The summed E-state index contributed by atoms with van der Waals surface area (Å²) in [5, 5.41) is 9.80. The third-order valence-electron chi connectivity index (χ3n) is 3.82. The Morgan fingerprint density at radius 3 is 1.71 bits per heavy atom. The molecule has 0 saturated carbocycles. The normalized spacial score (nSPS) is 14.6. The molecule has 0 unspecified atom stereocenters. The Morgan fingerprint density at radius 1 is 0.857 bits per heavy atom. The number of hydrogen-bond acceptors (Lipinski definition) is 8. The predicted octanol–water partition coefficient (Wildman–Crippen LogP) is 2.66. The van der Waals surface area contributed by atoms with Gasteiger partial charge in [0.2, 0.25) is 0 Å². The minimum absolute atomic E-state index is 0.130. The number of rotatable bonds is 14. The van der Waals surface area contributed by atoms with Crippen molar-refractivity contribution in [3.05, 3.63) is 11.8 Å². The van der Waals surface area contributed by atoms with Gasteiger partial charge in [-0.2, -0.15) is 0 Å². The summed E-state index contributed by atoms with van der Waals surface area (Å²) in [6, 6.07) is 0. The molecule has 0 fully saturated rings. The molecule has 8 heteroatoms. The van der Waals surface area contributed by atoms with E-state index in [1.807, 2.05) is 20.8 Å². The lowest BCUT2D eigenvalue weighted by atomic mass is 10.0. The number of aliphatic hydroxyl groups is 1. The molecular weight excluding hydrogens is 368 g/mol. The van der Waals surface area contributed by atoms with Gasteiger partial charge in [-0.25, -0.2) is 0 Å². The van der Waals surface area contributed by atoms with Gasteiger partial charge in [0.15, 0.2) is 18.3 Å². The van der Waals surface area contributed by atoms with Crippen LogP contribution in [0.15, 0.2) is 11.8 Å². The second kappa shape index (κ2) is 14.9. The van der Waals surface area contributed by atoms with E-state index in [0.717, 1.165) is 0 Å². The summed E-state index contributed by atoms with van der Waals surface area (Å²) >= 11 is 0. The third-order valence-corrected chi connectivity index (χ3v) is 3.82. The molecular formula is C20H34O8. The lowest BCUT2D eigenvalue weighted by Gasteiger charge is -2.32. The summed E-state index contributed by atoms with van der Waals surface area (Å²) in [6.45, 7) is 6.51. The number of carbonyl (C=O) groups excluding carboxylic acids is 3. The molecule has 0 aromatic carbocycles. The molecule has 0 aromatic rings. The Bertz CT molecular complexity index is 514. The summed E-state index contributed by atoms with van der Waals surface area (Å²) in [5.41, 5.74) is 0. The van der Waals surface area contributed by atoms with Crippen molar-refractivity contribution >= 4 is 17.9 Å². The minimum atomic E-state index is -1.24. The quantitative estimate of drug-likeness (QED) is 0.268. The van der Waals surface area contributed by atoms with Crippen LogP contribution in [0.1, 0.15) is 66.2 Å². The fourth-order valence-electron chi connectivity index (χ4n) is 2.48. The van der Waals surface area contributed by atoms with Crippen LogP contribution in [0.25, 0.3) is 0 Å². The van der Waals surface area contributed by atoms with E-state index in [2.05, 4.69) is 0 Å². The fourth-order valence-corrected chi connectivity index (χ4v) is 2.48. The number of ether oxygens (including phenoxy) is 4. The number of allylic oxidation sites excluding steroid dienone is 1. The maximum Gasteiger partial charge on any atom is 0.306 e. The minimum Gasteiger partial charge on any atom is -0.497 e.